The van der Waals surface area contributed by atoms with Gasteiger partial charge in [-0.15, -0.1) is 0 Å². The second-order valence-corrected chi connectivity index (χ2v) is 6.37. The summed E-state index contributed by atoms with van der Waals surface area (Å²) in [5, 5.41) is 14.2. The number of hydrogen-bond donors (Lipinski definition) is 1. The van der Waals surface area contributed by atoms with Crippen LogP contribution in [-0.2, 0) is 13.1 Å². The Morgan fingerprint density at radius 2 is 1.91 bits per heavy atom. The van der Waals surface area contributed by atoms with E-state index in [2.05, 4.69) is 26.8 Å². The fraction of sp³-hybridized carbons (Fsp3) is 0.333. The maximum atomic E-state index is 9.96. The third kappa shape index (κ3) is 3.87. The van der Waals surface area contributed by atoms with E-state index in [4.69, 9.17) is 0 Å². The molecule has 120 valence electrons. The molecular formula is C18H22N4O. The van der Waals surface area contributed by atoms with Crippen LogP contribution >= 0.6 is 0 Å². The second kappa shape index (κ2) is 6.38. The van der Waals surface area contributed by atoms with Gasteiger partial charge in [0.15, 0.2) is 0 Å². The summed E-state index contributed by atoms with van der Waals surface area (Å²) in [6, 6.07) is 10.2. The zero-order valence-corrected chi connectivity index (χ0v) is 13.6. The minimum Gasteiger partial charge on any atom is -0.390 e. The van der Waals surface area contributed by atoms with Gasteiger partial charge in [-0.1, -0.05) is 24.3 Å². The van der Waals surface area contributed by atoms with E-state index in [0.717, 1.165) is 17.9 Å². The number of aromatic nitrogens is 4. The van der Waals surface area contributed by atoms with Crippen molar-refractivity contribution in [2.45, 2.75) is 39.0 Å². The first-order valence-corrected chi connectivity index (χ1v) is 7.82. The highest BCUT2D eigenvalue weighted by Crippen LogP contribution is 2.24. The second-order valence-electron chi connectivity index (χ2n) is 6.37. The number of hydrogen-bond acceptors (Lipinski definition) is 3. The Balaban J connectivity index is 1.89. The van der Waals surface area contributed by atoms with E-state index in [1.165, 1.54) is 5.56 Å². The van der Waals surface area contributed by atoms with Gasteiger partial charge >= 0.3 is 0 Å². The molecule has 0 saturated heterocycles. The predicted octanol–water partition coefficient (Wildman–Crippen LogP) is 2.96. The lowest BCUT2D eigenvalue weighted by Gasteiger charge is -2.18. The Kier molecular flexibility index (Phi) is 4.30. The lowest BCUT2D eigenvalue weighted by molar-refractivity contribution is 0.0663. The fourth-order valence-corrected chi connectivity index (χ4v) is 2.57. The molecule has 0 radical (unpaired) electrons. The van der Waals surface area contributed by atoms with Crippen molar-refractivity contribution in [1.82, 2.24) is 19.3 Å². The fourth-order valence-electron chi connectivity index (χ4n) is 2.57. The molecule has 0 aliphatic heterocycles. The standard InChI is InChI=1S/C18H22N4O/c1-18(2,23)8-12-21-13-10-19-17(21)16-7-4-3-6-15(16)14-22-11-5-9-20-22/h3-7,9-11,13,23H,8,12,14H2,1-2H3. The smallest absolute Gasteiger partial charge is 0.140 e. The van der Waals surface area contributed by atoms with Crippen LogP contribution in [0.5, 0.6) is 0 Å². The molecule has 23 heavy (non-hydrogen) atoms. The van der Waals surface area contributed by atoms with E-state index >= 15 is 0 Å². The number of aliphatic hydroxyl groups is 1. The molecule has 0 spiro atoms. The maximum Gasteiger partial charge on any atom is 0.140 e. The average molecular weight is 310 g/mol. The molecule has 0 fully saturated rings. The lowest BCUT2D eigenvalue weighted by atomic mass is 10.0. The summed E-state index contributed by atoms with van der Waals surface area (Å²) in [6.07, 6.45) is 8.19. The van der Waals surface area contributed by atoms with Crippen molar-refractivity contribution in [3.63, 3.8) is 0 Å². The van der Waals surface area contributed by atoms with E-state index in [1.54, 1.807) is 6.20 Å². The molecular weight excluding hydrogens is 288 g/mol. The van der Waals surface area contributed by atoms with Crippen molar-refractivity contribution in [2.24, 2.45) is 0 Å². The number of nitrogens with zero attached hydrogens (tertiary/aromatic N) is 4. The van der Waals surface area contributed by atoms with E-state index in [0.29, 0.717) is 13.0 Å². The van der Waals surface area contributed by atoms with Crippen molar-refractivity contribution < 1.29 is 5.11 Å². The lowest BCUT2D eigenvalue weighted by Crippen LogP contribution is -2.21. The molecule has 0 atom stereocenters. The van der Waals surface area contributed by atoms with Crippen molar-refractivity contribution in [3.05, 3.63) is 60.7 Å². The van der Waals surface area contributed by atoms with Gasteiger partial charge in [-0.25, -0.2) is 4.98 Å². The molecule has 0 amide bonds. The Bertz CT molecular complexity index is 753. The van der Waals surface area contributed by atoms with Gasteiger partial charge in [-0.3, -0.25) is 4.68 Å². The van der Waals surface area contributed by atoms with Crippen LogP contribution in [0.3, 0.4) is 0 Å². The topological polar surface area (TPSA) is 55.9 Å². The molecule has 1 N–H and O–H groups in total. The van der Waals surface area contributed by atoms with Gasteiger partial charge in [-0.2, -0.15) is 5.10 Å². The Hall–Kier alpha value is -2.40. The third-order valence-corrected chi connectivity index (χ3v) is 3.83. The zero-order valence-electron chi connectivity index (χ0n) is 13.6. The molecule has 5 heteroatoms. The van der Waals surface area contributed by atoms with Gasteiger partial charge < -0.3 is 9.67 Å². The Morgan fingerprint density at radius 3 is 2.65 bits per heavy atom. The SMILES string of the molecule is CC(C)(O)CCn1ccnc1-c1ccccc1Cn1cccn1. The van der Waals surface area contributed by atoms with Crippen molar-refractivity contribution >= 4 is 0 Å². The Labute approximate surface area is 136 Å². The van der Waals surface area contributed by atoms with E-state index < -0.39 is 5.60 Å². The van der Waals surface area contributed by atoms with Crippen molar-refractivity contribution in [2.75, 3.05) is 0 Å². The monoisotopic (exact) mass is 310 g/mol. The van der Waals surface area contributed by atoms with Gasteiger partial charge in [-0.05, 0) is 31.9 Å². The minimum atomic E-state index is -0.684. The molecule has 0 unspecified atom stereocenters. The minimum absolute atomic E-state index is 0.678. The summed E-state index contributed by atoms with van der Waals surface area (Å²) in [4.78, 5) is 4.53. The molecule has 5 nitrogen and oxygen atoms in total. The van der Waals surface area contributed by atoms with Gasteiger partial charge in [0.2, 0.25) is 0 Å². The molecule has 3 aromatic rings. The van der Waals surface area contributed by atoms with Crippen LogP contribution in [-0.4, -0.2) is 30.0 Å². The molecule has 2 heterocycles. The molecule has 3 rings (SSSR count). The van der Waals surface area contributed by atoms with E-state index in [-0.39, 0.29) is 0 Å². The highest BCUT2D eigenvalue weighted by atomic mass is 16.3. The number of rotatable bonds is 6. The number of imidazole rings is 1. The van der Waals surface area contributed by atoms with Gasteiger partial charge in [0, 0.05) is 36.9 Å². The molecule has 2 aromatic heterocycles. The average Bonchev–Trinajstić information content (AvgIpc) is 3.16. The van der Waals surface area contributed by atoms with Crippen molar-refractivity contribution in [3.8, 4) is 11.4 Å². The quantitative estimate of drug-likeness (QED) is 0.761. The van der Waals surface area contributed by atoms with E-state index in [1.807, 2.05) is 55.3 Å². The van der Waals surface area contributed by atoms with Gasteiger partial charge in [0.1, 0.15) is 5.82 Å². The normalized spacial score (nSPS) is 11.8. The van der Waals surface area contributed by atoms with Gasteiger partial charge in [0.05, 0.1) is 12.1 Å². The summed E-state index contributed by atoms with van der Waals surface area (Å²) in [7, 11) is 0. The van der Waals surface area contributed by atoms with Crippen LogP contribution in [0, 0.1) is 0 Å². The Morgan fingerprint density at radius 1 is 1.09 bits per heavy atom. The molecule has 0 aliphatic rings. The summed E-state index contributed by atoms with van der Waals surface area (Å²) < 4.78 is 4.00. The molecule has 0 bridgehead atoms. The van der Waals surface area contributed by atoms with Crippen LogP contribution in [0.2, 0.25) is 0 Å². The third-order valence-electron chi connectivity index (χ3n) is 3.83. The summed E-state index contributed by atoms with van der Waals surface area (Å²) >= 11 is 0. The van der Waals surface area contributed by atoms with Crippen LogP contribution in [0.25, 0.3) is 11.4 Å². The predicted molar refractivity (Wildman–Crippen MR) is 89.9 cm³/mol. The first-order valence-electron chi connectivity index (χ1n) is 7.82. The molecule has 1 aromatic carbocycles. The van der Waals surface area contributed by atoms with Gasteiger partial charge in [0.25, 0.3) is 0 Å². The zero-order chi connectivity index (χ0) is 16.3. The van der Waals surface area contributed by atoms with E-state index in [9.17, 15) is 5.11 Å². The highest BCUT2D eigenvalue weighted by Gasteiger charge is 2.15. The summed E-state index contributed by atoms with van der Waals surface area (Å²) in [5.74, 6) is 0.928. The first-order chi connectivity index (χ1) is 11.0. The number of benzene rings is 1. The van der Waals surface area contributed by atoms with Crippen LogP contribution in [0.15, 0.2) is 55.1 Å². The van der Waals surface area contributed by atoms with Crippen LogP contribution in [0.4, 0.5) is 0 Å². The largest absolute Gasteiger partial charge is 0.390 e. The molecule has 0 saturated carbocycles. The number of aryl methyl sites for hydroxylation is 1. The van der Waals surface area contributed by atoms with Crippen LogP contribution in [0.1, 0.15) is 25.8 Å². The maximum absolute atomic E-state index is 9.96. The first kappa shape index (κ1) is 15.5. The molecule has 0 aliphatic carbocycles. The van der Waals surface area contributed by atoms with Crippen molar-refractivity contribution in [1.29, 1.82) is 0 Å². The highest BCUT2D eigenvalue weighted by molar-refractivity contribution is 5.60. The summed E-state index contributed by atoms with van der Waals surface area (Å²) in [6.45, 7) is 5.10. The summed E-state index contributed by atoms with van der Waals surface area (Å²) in [5.41, 5.74) is 1.59. The van der Waals surface area contributed by atoms with Crippen LogP contribution < -0.4 is 0 Å².